The SMILES string of the molecule is Nc1cc(F)cc(C(=O)c2c(Cl)cc(Cl)cc2Cl)c1F. The van der Waals surface area contributed by atoms with E-state index in [-0.39, 0.29) is 20.6 Å². The van der Waals surface area contributed by atoms with Crippen LogP contribution < -0.4 is 5.73 Å². The average Bonchev–Trinajstić information content (AvgIpc) is 2.32. The van der Waals surface area contributed by atoms with Crippen LogP contribution in [0, 0.1) is 11.6 Å². The summed E-state index contributed by atoms with van der Waals surface area (Å²) in [5.41, 5.74) is 4.09. The van der Waals surface area contributed by atoms with Crippen molar-refractivity contribution < 1.29 is 13.6 Å². The molecule has 7 heteroatoms. The molecule has 0 heterocycles. The number of hydrogen-bond donors (Lipinski definition) is 1. The zero-order valence-electron chi connectivity index (χ0n) is 9.68. The summed E-state index contributed by atoms with van der Waals surface area (Å²) in [6.07, 6.45) is 0. The molecule has 2 N–H and O–H groups in total. The molecule has 0 aliphatic heterocycles. The monoisotopic (exact) mass is 335 g/mol. The smallest absolute Gasteiger partial charge is 0.199 e. The summed E-state index contributed by atoms with van der Waals surface area (Å²) < 4.78 is 27.1. The first-order valence-corrected chi connectivity index (χ1v) is 6.38. The third kappa shape index (κ3) is 2.73. The van der Waals surface area contributed by atoms with Crippen molar-refractivity contribution in [2.45, 2.75) is 0 Å². The van der Waals surface area contributed by atoms with Crippen LogP contribution in [0.4, 0.5) is 14.5 Å². The second-order valence-corrected chi connectivity index (χ2v) is 5.18. The van der Waals surface area contributed by atoms with Gasteiger partial charge in [-0.05, 0) is 24.3 Å². The van der Waals surface area contributed by atoms with Gasteiger partial charge in [-0.2, -0.15) is 0 Å². The average molecular weight is 337 g/mol. The fourth-order valence-corrected chi connectivity index (χ4v) is 2.66. The minimum Gasteiger partial charge on any atom is -0.396 e. The highest BCUT2D eigenvalue weighted by molar-refractivity contribution is 6.43. The number of nitrogens with two attached hydrogens (primary N) is 1. The Kier molecular flexibility index (Phi) is 4.18. The number of hydrogen-bond acceptors (Lipinski definition) is 2. The van der Waals surface area contributed by atoms with E-state index in [0.29, 0.717) is 0 Å². The van der Waals surface area contributed by atoms with E-state index in [1.54, 1.807) is 0 Å². The Hall–Kier alpha value is -1.36. The van der Waals surface area contributed by atoms with Gasteiger partial charge >= 0.3 is 0 Å². The lowest BCUT2D eigenvalue weighted by atomic mass is 10.0. The summed E-state index contributed by atoms with van der Waals surface area (Å²) in [6, 6.07) is 4.07. The van der Waals surface area contributed by atoms with Crippen molar-refractivity contribution in [2.24, 2.45) is 0 Å². The molecule has 0 bridgehead atoms. The van der Waals surface area contributed by atoms with Crippen molar-refractivity contribution in [1.82, 2.24) is 0 Å². The van der Waals surface area contributed by atoms with Crippen LogP contribution in [0.3, 0.4) is 0 Å². The van der Waals surface area contributed by atoms with E-state index in [9.17, 15) is 13.6 Å². The van der Waals surface area contributed by atoms with Crippen LogP contribution in [-0.2, 0) is 0 Å². The summed E-state index contributed by atoms with van der Waals surface area (Å²) in [6.45, 7) is 0. The molecule has 0 aliphatic rings. The topological polar surface area (TPSA) is 43.1 Å². The Balaban J connectivity index is 2.64. The van der Waals surface area contributed by atoms with E-state index in [2.05, 4.69) is 0 Å². The van der Waals surface area contributed by atoms with Gasteiger partial charge in [0.2, 0.25) is 0 Å². The standard InChI is InChI=1S/C13H6Cl3F2NO/c14-5-1-8(15)11(9(16)2-5)13(20)7-3-6(17)4-10(19)12(7)18/h1-4H,19H2. The molecule has 2 rings (SSSR count). The molecule has 0 saturated heterocycles. The van der Waals surface area contributed by atoms with Crippen molar-refractivity contribution >= 4 is 46.3 Å². The second-order valence-electron chi connectivity index (χ2n) is 3.93. The molecule has 104 valence electrons. The zero-order chi connectivity index (χ0) is 15.0. The molecule has 2 aromatic rings. The molecule has 0 aromatic heterocycles. The van der Waals surface area contributed by atoms with Crippen molar-refractivity contribution in [3.05, 3.63) is 62.1 Å². The van der Waals surface area contributed by atoms with Crippen LogP contribution in [0.2, 0.25) is 15.1 Å². The van der Waals surface area contributed by atoms with Gasteiger partial charge in [0, 0.05) is 5.02 Å². The lowest BCUT2D eigenvalue weighted by Crippen LogP contribution is -2.09. The Bertz CT molecular complexity index is 696. The molecular weight excluding hydrogens is 331 g/mol. The van der Waals surface area contributed by atoms with E-state index < -0.39 is 28.7 Å². The number of nitrogen functional groups attached to an aromatic ring is 1. The van der Waals surface area contributed by atoms with Crippen LogP contribution >= 0.6 is 34.8 Å². The molecule has 20 heavy (non-hydrogen) atoms. The molecule has 0 radical (unpaired) electrons. The minimum absolute atomic E-state index is 0.0604. The van der Waals surface area contributed by atoms with E-state index in [1.807, 2.05) is 0 Å². The van der Waals surface area contributed by atoms with Crippen LogP contribution in [0.25, 0.3) is 0 Å². The largest absolute Gasteiger partial charge is 0.396 e. The Morgan fingerprint density at radius 2 is 1.55 bits per heavy atom. The van der Waals surface area contributed by atoms with Crippen LogP contribution in [-0.4, -0.2) is 5.78 Å². The predicted octanol–water partition coefficient (Wildman–Crippen LogP) is 4.74. The highest BCUT2D eigenvalue weighted by atomic mass is 35.5. The third-order valence-electron chi connectivity index (χ3n) is 2.54. The van der Waals surface area contributed by atoms with Gasteiger partial charge in [0.25, 0.3) is 0 Å². The first kappa shape index (κ1) is 15.0. The van der Waals surface area contributed by atoms with Gasteiger partial charge in [-0.15, -0.1) is 0 Å². The molecule has 0 unspecified atom stereocenters. The van der Waals surface area contributed by atoms with Crippen molar-refractivity contribution in [3.8, 4) is 0 Å². The summed E-state index contributed by atoms with van der Waals surface area (Å²) in [4.78, 5) is 12.3. The molecular formula is C13H6Cl3F2NO. The molecule has 2 nitrogen and oxygen atoms in total. The first-order chi connectivity index (χ1) is 9.31. The summed E-state index contributed by atoms with van der Waals surface area (Å²) in [5, 5.41) is 0.0974. The van der Waals surface area contributed by atoms with E-state index in [1.165, 1.54) is 12.1 Å². The number of ketones is 1. The van der Waals surface area contributed by atoms with Crippen molar-refractivity contribution in [1.29, 1.82) is 0 Å². The molecule has 2 aromatic carbocycles. The molecule has 0 aliphatic carbocycles. The van der Waals surface area contributed by atoms with Crippen molar-refractivity contribution in [2.75, 3.05) is 5.73 Å². The minimum atomic E-state index is -1.03. The first-order valence-electron chi connectivity index (χ1n) is 5.25. The normalized spacial score (nSPS) is 10.7. The number of halogens is 5. The van der Waals surface area contributed by atoms with Crippen LogP contribution in [0.15, 0.2) is 24.3 Å². The van der Waals surface area contributed by atoms with Crippen molar-refractivity contribution in [3.63, 3.8) is 0 Å². The Morgan fingerprint density at radius 1 is 1.00 bits per heavy atom. The highest BCUT2D eigenvalue weighted by Gasteiger charge is 2.22. The number of benzene rings is 2. The fourth-order valence-electron chi connectivity index (χ4n) is 1.67. The Morgan fingerprint density at radius 3 is 2.10 bits per heavy atom. The molecule has 0 atom stereocenters. The lowest BCUT2D eigenvalue weighted by molar-refractivity contribution is 0.103. The summed E-state index contributed by atoms with van der Waals surface area (Å²) in [7, 11) is 0. The van der Waals surface area contributed by atoms with Crippen LogP contribution in [0.1, 0.15) is 15.9 Å². The quantitative estimate of drug-likeness (QED) is 0.636. The molecule has 0 saturated carbocycles. The maximum Gasteiger partial charge on any atom is 0.199 e. The second kappa shape index (κ2) is 5.56. The zero-order valence-corrected chi connectivity index (χ0v) is 12.0. The van der Waals surface area contributed by atoms with Gasteiger partial charge in [0.15, 0.2) is 11.6 Å². The third-order valence-corrected chi connectivity index (χ3v) is 3.36. The maximum absolute atomic E-state index is 13.8. The lowest BCUT2D eigenvalue weighted by Gasteiger charge is -2.09. The number of carbonyl (C=O) groups is 1. The van der Waals surface area contributed by atoms with Gasteiger partial charge in [-0.1, -0.05) is 34.8 Å². The number of anilines is 1. The van der Waals surface area contributed by atoms with Gasteiger partial charge in [-0.25, -0.2) is 8.78 Å². The fraction of sp³-hybridized carbons (Fsp3) is 0. The van der Waals surface area contributed by atoms with E-state index in [4.69, 9.17) is 40.5 Å². The van der Waals surface area contributed by atoms with Gasteiger partial charge in [0.05, 0.1) is 26.9 Å². The van der Waals surface area contributed by atoms with Gasteiger partial charge in [-0.3, -0.25) is 4.79 Å². The number of rotatable bonds is 2. The molecule has 0 spiro atoms. The molecule has 0 amide bonds. The van der Waals surface area contributed by atoms with Gasteiger partial charge < -0.3 is 5.73 Å². The summed E-state index contributed by atoms with van der Waals surface area (Å²) in [5.74, 6) is -2.74. The molecule has 0 fully saturated rings. The Labute approximate surface area is 128 Å². The highest BCUT2D eigenvalue weighted by Crippen LogP contribution is 2.32. The van der Waals surface area contributed by atoms with E-state index in [0.717, 1.165) is 12.1 Å². The number of carbonyl (C=O) groups excluding carboxylic acids is 1. The maximum atomic E-state index is 13.8. The van der Waals surface area contributed by atoms with Crippen LogP contribution in [0.5, 0.6) is 0 Å². The van der Waals surface area contributed by atoms with E-state index >= 15 is 0 Å². The van der Waals surface area contributed by atoms with Gasteiger partial charge in [0.1, 0.15) is 5.82 Å². The predicted molar refractivity (Wildman–Crippen MR) is 75.7 cm³/mol. The summed E-state index contributed by atoms with van der Waals surface area (Å²) >= 11 is 17.5.